The minimum Gasteiger partial charge on any atom is -0.493 e. The number of methoxy groups -OCH3 is 1. The summed E-state index contributed by atoms with van der Waals surface area (Å²) in [5.41, 5.74) is 4.20. The van der Waals surface area contributed by atoms with Gasteiger partial charge < -0.3 is 20.1 Å². The topological polar surface area (TPSA) is 59.6 Å². The van der Waals surface area contributed by atoms with E-state index in [4.69, 9.17) is 9.47 Å². The Bertz CT molecular complexity index is 972. The molecule has 0 fully saturated rings. The number of ether oxygens (including phenoxy) is 2. The van der Waals surface area contributed by atoms with Gasteiger partial charge in [-0.2, -0.15) is 0 Å². The van der Waals surface area contributed by atoms with E-state index < -0.39 is 0 Å². The van der Waals surface area contributed by atoms with Crippen molar-refractivity contribution in [3.05, 3.63) is 89.5 Å². The highest BCUT2D eigenvalue weighted by molar-refractivity contribution is 5.90. The van der Waals surface area contributed by atoms with Crippen LogP contribution in [0.2, 0.25) is 0 Å². The van der Waals surface area contributed by atoms with Gasteiger partial charge in [-0.1, -0.05) is 55.5 Å². The molecule has 0 radical (unpaired) electrons. The van der Waals surface area contributed by atoms with Crippen molar-refractivity contribution in [2.75, 3.05) is 12.4 Å². The van der Waals surface area contributed by atoms with Crippen LogP contribution in [0.4, 0.5) is 5.69 Å². The summed E-state index contributed by atoms with van der Waals surface area (Å²) in [6.45, 7) is 5.15. The number of amides is 1. The first kappa shape index (κ1) is 22.4. The van der Waals surface area contributed by atoms with E-state index in [1.54, 1.807) is 7.11 Å². The minimum absolute atomic E-state index is 0.0173. The van der Waals surface area contributed by atoms with Crippen LogP contribution in [0, 0.1) is 0 Å². The number of benzene rings is 3. The normalized spacial score (nSPS) is 11.6. The molecular formula is C26H30N2O3. The molecule has 5 heteroatoms. The predicted octanol–water partition coefficient (Wildman–Crippen LogP) is 5.47. The van der Waals surface area contributed by atoms with E-state index in [1.807, 2.05) is 79.7 Å². The molecule has 0 heterocycles. The molecule has 0 aliphatic heterocycles. The molecule has 0 saturated carbocycles. The van der Waals surface area contributed by atoms with Crippen LogP contribution < -0.4 is 20.1 Å². The summed E-state index contributed by atoms with van der Waals surface area (Å²) < 4.78 is 11.5. The number of rotatable bonds is 10. The summed E-state index contributed by atoms with van der Waals surface area (Å²) in [7, 11) is 1.65. The van der Waals surface area contributed by atoms with Gasteiger partial charge in [0.2, 0.25) is 5.91 Å². The van der Waals surface area contributed by atoms with Gasteiger partial charge in [-0.05, 0) is 47.9 Å². The van der Waals surface area contributed by atoms with E-state index in [1.165, 1.54) is 0 Å². The molecule has 2 N–H and O–H groups in total. The first-order chi connectivity index (χ1) is 15.1. The van der Waals surface area contributed by atoms with E-state index in [9.17, 15) is 4.79 Å². The van der Waals surface area contributed by atoms with Gasteiger partial charge in [0, 0.05) is 24.7 Å². The standard InChI is InChI=1S/C26H30N2O3/c1-4-26(29)28-23-13-11-22(12-14-23)19(2)27-17-21-10-15-24(30-3)25(16-21)31-18-20-8-6-5-7-9-20/h5-16,19,27H,4,17-18H2,1-3H3,(H,28,29). The molecule has 0 spiro atoms. The Morgan fingerprint density at radius 3 is 2.35 bits per heavy atom. The van der Waals surface area contributed by atoms with Crippen LogP contribution in [0.1, 0.15) is 43.0 Å². The van der Waals surface area contributed by atoms with Crippen molar-refractivity contribution in [1.82, 2.24) is 5.32 Å². The Morgan fingerprint density at radius 2 is 1.68 bits per heavy atom. The second kappa shape index (κ2) is 11.2. The molecule has 1 amide bonds. The zero-order valence-corrected chi connectivity index (χ0v) is 18.4. The lowest BCUT2D eigenvalue weighted by Crippen LogP contribution is -2.18. The van der Waals surface area contributed by atoms with Crippen LogP contribution >= 0.6 is 0 Å². The minimum atomic E-state index is 0.0173. The monoisotopic (exact) mass is 418 g/mol. The smallest absolute Gasteiger partial charge is 0.224 e. The van der Waals surface area contributed by atoms with Gasteiger partial charge in [0.1, 0.15) is 6.61 Å². The van der Waals surface area contributed by atoms with E-state index in [2.05, 4.69) is 17.6 Å². The van der Waals surface area contributed by atoms with Crippen molar-refractivity contribution in [1.29, 1.82) is 0 Å². The summed E-state index contributed by atoms with van der Waals surface area (Å²) >= 11 is 0. The van der Waals surface area contributed by atoms with Crippen LogP contribution in [0.3, 0.4) is 0 Å². The lowest BCUT2D eigenvalue weighted by Gasteiger charge is -2.17. The van der Waals surface area contributed by atoms with Crippen molar-refractivity contribution in [3.8, 4) is 11.5 Å². The van der Waals surface area contributed by atoms with Gasteiger partial charge >= 0.3 is 0 Å². The molecule has 3 aromatic rings. The Morgan fingerprint density at radius 1 is 0.935 bits per heavy atom. The third kappa shape index (κ3) is 6.59. The molecule has 0 aromatic heterocycles. The molecule has 0 saturated heterocycles. The van der Waals surface area contributed by atoms with Crippen LogP contribution in [0.25, 0.3) is 0 Å². The van der Waals surface area contributed by atoms with E-state index in [0.717, 1.165) is 33.9 Å². The predicted molar refractivity (Wildman–Crippen MR) is 124 cm³/mol. The number of hydrogen-bond donors (Lipinski definition) is 2. The van der Waals surface area contributed by atoms with Crippen LogP contribution in [0.15, 0.2) is 72.8 Å². The van der Waals surface area contributed by atoms with Crippen molar-refractivity contribution in [2.45, 2.75) is 39.5 Å². The zero-order valence-electron chi connectivity index (χ0n) is 18.4. The average molecular weight is 419 g/mol. The number of carbonyl (C=O) groups is 1. The second-order valence-corrected chi connectivity index (χ2v) is 7.39. The third-order valence-electron chi connectivity index (χ3n) is 5.09. The molecule has 0 aliphatic carbocycles. The molecule has 31 heavy (non-hydrogen) atoms. The van der Waals surface area contributed by atoms with Gasteiger partial charge in [-0.15, -0.1) is 0 Å². The van der Waals surface area contributed by atoms with Gasteiger partial charge in [0.05, 0.1) is 7.11 Å². The Labute approximate surface area is 184 Å². The van der Waals surface area contributed by atoms with Crippen molar-refractivity contribution < 1.29 is 14.3 Å². The van der Waals surface area contributed by atoms with Gasteiger partial charge in [-0.3, -0.25) is 4.79 Å². The highest BCUT2D eigenvalue weighted by atomic mass is 16.5. The summed E-state index contributed by atoms with van der Waals surface area (Å²) in [6.07, 6.45) is 0.471. The Balaban J connectivity index is 1.59. The second-order valence-electron chi connectivity index (χ2n) is 7.39. The fourth-order valence-electron chi connectivity index (χ4n) is 3.17. The van der Waals surface area contributed by atoms with Crippen LogP contribution in [-0.2, 0) is 17.9 Å². The summed E-state index contributed by atoms with van der Waals surface area (Å²) in [4.78, 5) is 11.5. The summed E-state index contributed by atoms with van der Waals surface area (Å²) in [6, 6.07) is 24.2. The molecule has 1 atom stereocenters. The molecular weight excluding hydrogens is 388 g/mol. The first-order valence-electron chi connectivity index (χ1n) is 10.6. The maximum atomic E-state index is 11.5. The molecule has 3 aromatic carbocycles. The van der Waals surface area contributed by atoms with Crippen molar-refractivity contribution in [3.63, 3.8) is 0 Å². The molecule has 1 unspecified atom stereocenters. The average Bonchev–Trinajstić information content (AvgIpc) is 2.82. The third-order valence-corrected chi connectivity index (χ3v) is 5.09. The largest absolute Gasteiger partial charge is 0.493 e. The van der Waals surface area contributed by atoms with Crippen LogP contribution in [0.5, 0.6) is 11.5 Å². The number of anilines is 1. The van der Waals surface area contributed by atoms with E-state index in [-0.39, 0.29) is 11.9 Å². The Hall–Kier alpha value is -3.31. The fourth-order valence-corrected chi connectivity index (χ4v) is 3.17. The van der Waals surface area contributed by atoms with Crippen molar-refractivity contribution >= 4 is 11.6 Å². The quantitative estimate of drug-likeness (QED) is 0.458. The Kier molecular flexibility index (Phi) is 8.07. The SMILES string of the molecule is CCC(=O)Nc1ccc(C(C)NCc2ccc(OC)c(OCc3ccccc3)c2)cc1. The lowest BCUT2D eigenvalue weighted by molar-refractivity contribution is -0.115. The van der Waals surface area contributed by atoms with E-state index in [0.29, 0.717) is 19.6 Å². The number of nitrogens with one attached hydrogen (secondary N) is 2. The van der Waals surface area contributed by atoms with Gasteiger partial charge in [0.15, 0.2) is 11.5 Å². The summed E-state index contributed by atoms with van der Waals surface area (Å²) in [5.74, 6) is 1.47. The molecule has 3 rings (SSSR count). The maximum Gasteiger partial charge on any atom is 0.224 e. The molecule has 162 valence electrons. The van der Waals surface area contributed by atoms with Crippen molar-refractivity contribution in [2.24, 2.45) is 0 Å². The van der Waals surface area contributed by atoms with E-state index >= 15 is 0 Å². The molecule has 0 bridgehead atoms. The number of hydrogen-bond acceptors (Lipinski definition) is 4. The van der Waals surface area contributed by atoms with Gasteiger partial charge in [-0.25, -0.2) is 0 Å². The van der Waals surface area contributed by atoms with Gasteiger partial charge in [0.25, 0.3) is 0 Å². The molecule has 5 nitrogen and oxygen atoms in total. The highest BCUT2D eigenvalue weighted by Gasteiger charge is 2.09. The molecule has 0 aliphatic rings. The first-order valence-corrected chi connectivity index (χ1v) is 10.6. The highest BCUT2D eigenvalue weighted by Crippen LogP contribution is 2.29. The number of carbonyl (C=O) groups excluding carboxylic acids is 1. The zero-order chi connectivity index (χ0) is 22.1. The summed E-state index contributed by atoms with van der Waals surface area (Å²) in [5, 5.41) is 6.41. The van der Waals surface area contributed by atoms with Crippen LogP contribution in [-0.4, -0.2) is 13.0 Å². The maximum absolute atomic E-state index is 11.5. The fraction of sp³-hybridized carbons (Fsp3) is 0.269. The lowest BCUT2D eigenvalue weighted by atomic mass is 10.1.